The van der Waals surface area contributed by atoms with Gasteiger partial charge in [-0.05, 0) is 42.7 Å². The molecule has 0 fully saturated rings. The van der Waals surface area contributed by atoms with E-state index in [1.807, 2.05) is 36.4 Å². The van der Waals surface area contributed by atoms with Crippen molar-refractivity contribution in [1.82, 2.24) is 5.32 Å². The van der Waals surface area contributed by atoms with Crippen LogP contribution in [0.5, 0.6) is 0 Å². The van der Waals surface area contributed by atoms with Crippen LogP contribution in [-0.4, -0.2) is 26.2 Å². The van der Waals surface area contributed by atoms with E-state index in [9.17, 15) is 4.79 Å². The number of rotatable bonds is 7. The molecule has 0 saturated heterocycles. The second kappa shape index (κ2) is 8.32. The lowest BCUT2D eigenvalue weighted by Gasteiger charge is -2.03. The summed E-state index contributed by atoms with van der Waals surface area (Å²) in [4.78, 5) is 13.9. The van der Waals surface area contributed by atoms with Crippen LogP contribution in [0.25, 0.3) is 10.4 Å². The van der Waals surface area contributed by atoms with Gasteiger partial charge >= 0.3 is 0 Å². The van der Waals surface area contributed by atoms with Crippen LogP contribution in [0.1, 0.15) is 22.5 Å². The summed E-state index contributed by atoms with van der Waals surface area (Å²) in [6.45, 7) is 1.43. The van der Waals surface area contributed by atoms with Crippen LogP contribution in [-0.2, 0) is 4.74 Å². The third kappa shape index (κ3) is 4.95. The molecule has 0 aliphatic heterocycles. The Morgan fingerprint density at radius 3 is 2.67 bits per heavy atom. The number of hydrogen-bond acceptors (Lipinski definition) is 3. The minimum absolute atomic E-state index is 0.000721. The van der Waals surface area contributed by atoms with Gasteiger partial charge < -0.3 is 10.1 Å². The molecule has 21 heavy (non-hydrogen) atoms. The maximum Gasteiger partial charge on any atom is 0.261 e. The van der Waals surface area contributed by atoms with Crippen molar-refractivity contribution in [2.24, 2.45) is 0 Å². The summed E-state index contributed by atoms with van der Waals surface area (Å²) in [5.41, 5.74) is 1.13. The van der Waals surface area contributed by atoms with Crippen LogP contribution in [0.4, 0.5) is 0 Å². The molecule has 112 valence electrons. The number of hydrogen-bond donors (Lipinski definition) is 1. The molecule has 0 unspecified atom stereocenters. The van der Waals surface area contributed by atoms with Crippen molar-refractivity contribution < 1.29 is 9.53 Å². The van der Waals surface area contributed by atoms with Crippen molar-refractivity contribution in [1.29, 1.82) is 0 Å². The first-order valence-corrected chi connectivity index (χ1v) is 8.44. The Morgan fingerprint density at radius 1 is 1.19 bits per heavy atom. The zero-order chi connectivity index (χ0) is 15.1. The third-order valence-electron chi connectivity index (χ3n) is 3.02. The molecule has 1 aromatic carbocycles. The van der Waals surface area contributed by atoms with E-state index in [2.05, 4.69) is 21.2 Å². The van der Waals surface area contributed by atoms with Crippen LogP contribution in [0, 0.1) is 0 Å². The van der Waals surface area contributed by atoms with Gasteiger partial charge in [-0.25, -0.2) is 0 Å². The number of benzene rings is 1. The minimum Gasteiger partial charge on any atom is -0.385 e. The highest BCUT2D eigenvalue weighted by molar-refractivity contribution is 9.10. The van der Waals surface area contributed by atoms with Crippen LogP contribution < -0.4 is 5.32 Å². The molecule has 0 aliphatic rings. The fourth-order valence-electron chi connectivity index (χ4n) is 1.89. The van der Waals surface area contributed by atoms with Crippen molar-refractivity contribution in [2.45, 2.75) is 12.8 Å². The summed E-state index contributed by atoms with van der Waals surface area (Å²) >= 11 is 4.94. The van der Waals surface area contributed by atoms with E-state index in [1.165, 1.54) is 11.3 Å². The largest absolute Gasteiger partial charge is 0.385 e. The molecule has 1 N–H and O–H groups in total. The van der Waals surface area contributed by atoms with Gasteiger partial charge in [-0.1, -0.05) is 28.1 Å². The van der Waals surface area contributed by atoms with Crippen molar-refractivity contribution in [3.63, 3.8) is 0 Å². The smallest absolute Gasteiger partial charge is 0.261 e. The molecule has 0 atom stereocenters. The maximum atomic E-state index is 12.0. The van der Waals surface area contributed by atoms with E-state index in [1.54, 1.807) is 7.11 Å². The van der Waals surface area contributed by atoms with Gasteiger partial charge in [-0.3, -0.25) is 4.79 Å². The van der Waals surface area contributed by atoms with Gasteiger partial charge in [0.05, 0.1) is 4.88 Å². The topological polar surface area (TPSA) is 38.3 Å². The van der Waals surface area contributed by atoms with Gasteiger partial charge in [-0.2, -0.15) is 0 Å². The summed E-state index contributed by atoms with van der Waals surface area (Å²) in [6, 6.07) is 12.0. The highest BCUT2D eigenvalue weighted by Crippen LogP contribution is 2.29. The normalized spacial score (nSPS) is 10.6. The van der Waals surface area contributed by atoms with Crippen LogP contribution in [0.2, 0.25) is 0 Å². The molecule has 0 saturated carbocycles. The average Bonchev–Trinajstić information content (AvgIpc) is 2.97. The molecule has 2 rings (SSSR count). The summed E-state index contributed by atoms with van der Waals surface area (Å²) in [5, 5.41) is 2.94. The third-order valence-corrected chi connectivity index (χ3v) is 4.68. The number of methoxy groups -OCH3 is 1. The Kier molecular flexibility index (Phi) is 6.42. The zero-order valence-corrected chi connectivity index (χ0v) is 14.3. The van der Waals surface area contributed by atoms with Gasteiger partial charge in [0.2, 0.25) is 0 Å². The van der Waals surface area contributed by atoms with Crippen molar-refractivity contribution in [3.8, 4) is 10.4 Å². The van der Waals surface area contributed by atoms with E-state index < -0.39 is 0 Å². The molecular formula is C16H18BrNO2S. The standard InChI is InChI=1S/C16H18BrNO2S/c1-20-11-3-2-10-18-16(19)15-9-8-14(21-15)12-4-6-13(17)7-5-12/h4-9H,2-3,10-11H2,1H3,(H,18,19). The van der Waals surface area contributed by atoms with Gasteiger partial charge in [0.25, 0.3) is 5.91 Å². The Bertz CT molecular complexity index is 580. The lowest BCUT2D eigenvalue weighted by Crippen LogP contribution is -2.23. The second-order valence-electron chi connectivity index (χ2n) is 4.63. The fraction of sp³-hybridized carbons (Fsp3) is 0.312. The summed E-state index contributed by atoms with van der Waals surface area (Å²) in [7, 11) is 1.69. The number of carbonyl (C=O) groups is 1. The molecule has 3 nitrogen and oxygen atoms in total. The highest BCUT2D eigenvalue weighted by atomic mass is 79.9. The maximum absolute atomic E-state index is 12.0. The summed E-state index contributed by atoms with van der Waals surface area (Å²) < 4.78 is 6.03. The van der Waals surface area contributed by atoms with E-state index in [4.69, 9.17) is 4.74 Å². The van der Waals surface area contributed by atoms with E-state index in [-0.39, 0.29) is 5.91 Å². The number of ether oxygens (including phenoxy) is 1. The number of thiophene rings is 1. The lowest BCUT2D eigenvalue weighted by atomic mass is 10.2. The molecular weight excluding hydrogens is 350 g/mol. The Balaban J connectivity index is 1.90. The number of halogens is 1. The Labute approximate surface area is 137 Å². The van der Waals surface area contributed by atoms with E-state index in [0.29, 0.717) is 6.54 Å². The minimum atomic E-state index is 0.000721. The number of nitrogens with one attached hydrogen (secondary N) is 1. The average molecular weight is 368 g/mol. The predicted molar refractivity (Wildman–Crippen MR) is 90.9 cm³/mol. The molecule has 5 heteroatoms. The fourth-order valence-corrected chi connectivity index (χ4v) is 3.08. The Morgan fingerprint density at radius 2 is 1.95 bits per heavy atom. The van der Waals surface area contributed by atoms with Gasteiger partial charge in [0.15, 0.2) is 0 Å². The van der Waals surface area contributed by atoms with E-state index in [0.717, 1.165) is 39.2 Å². The molecule has 0 bridgehead atoms. The number of carbonyl (C=O) groups excluding carboxylic acids is 1. The zero-order valence-electron chi connectivity index (χ0n) is 11.9. The molecule has 1 amide bonds. The van der Waals surface area contributed by atoms with Crippen LogP contribution >= 0.6 is 27.3 Å². The molecule has 0 spiro atoms. The van der Waals surface area contributed by atoms with E-state index >= 15 is 0 Å². The number of unbranched alkanes of at least 4 members (excludes halogenated alkanes) is 1. The van der Waals surface area contributed by atoms with Crippen LogP contribution in [0.15, 0.2) is 40.9 Å². The lowest BCUT2D eigenvalue weighted by molar-refractivity contribution is 0.0955. The first-order chi connectivity index (χ1) is 10.2. The van der Waals surface area contributed by atoms with Crippen molar-refractivity contribution in [2.75, 3.05) is 20.3 Å². The summed E-state index contributed by atoms with van der Waals surface area (Å²) in [5.74, 6) is 0.000721. The quantitative estimate of drug-likeness (QED) is 0.739. The molecule has 0 aliphatic carbocycles. The number of amides is 1. The molecule has 2 aromatic rings. The first-order valence-electron chi connectivity index (χ1n) is 6.83. The van der Waals surface area contributed by atoms with Gasteiger partial charge in [0.1, 0.15) is 0 Å². The SMILES string of the molecule is COCCCCNC(=O)c1ccc(-c2ccc(Br)cc2)s1. The van der Waals surface area contributed by atoms with Gasteiger partial charge in [-0.15, -0.1) is 11.3 Å². The monoisotopic (exact) mass is 367 g/mol. The second-order valence-corrected chi connectivity index (χ2v) is 6.63. The molecule has 1 heterocycles. The molecule has 1 aromatic heterocycles. The molecule has 0 radical (unpaired) electrons. The first kappa shape index (κ1) is 16.2. The van der Waals surface area contributed by atoms with Crippen LogP contribution in [0.3, 0.4) is 0 Å². The van der Waals surface area contributed by atoms with Crippen molar-refractivity contribution in [3.05, 3.63) is 45.7 Å². The predicted octanol–water partition coefficient (Wildman–Crippen LogP) is 4.33. The van der Waals surface area contributed by atoms with Gasteiger partial charge in [0, 0.05) is 29.6 Å². The Hall–Kier alpha value is -1.17. The summed E-state index contributed by atoms with van der Waals surface area (Å²) in [6.07, 6.45) is 1.90. The van der Waals surface area contributed by atoms with Crippen molar-refractivity contribution >= 4 is 33.2 Å². The highest BCUT2D eigenvalue weighted by Gasteiger charge is 2.09.